The Kier molecular flexibility index (Phi) is 2.46. The largest absolute Gasteiger partial charge is 0.316 e. The topological polar surface area (TPSA) is 32.3 Å². The summed E-state index contributed by atoms with van der Waals surface area (Å²) in [6.07, 6.45) is 6.54. The van der Waals surface area contributed by atoms with Gasteiger partial charge in [-0.1, -0.05) is 43.2 Å². The number of carbonyl (C=O) groups is 1. The summed E-state index contributed by atoms with van der Waals surface area (Å²) in [4.78, 5) is 14.6. The molecule has 1 amide bonds. The van der Waals surface area contributed by atoms with Gasteiger partial charge in [-0.25, -0.2) is 0 Å². The van der Waals surface area contributed by atoms with Gasteiger partial charge in [0, 0.05) is 18.5 Å². The number of benzene rings is 1. The maximum absolute atomic E-state index is 12.4. The summed E-state index contributed by atoms with van der Waals surface area (Å²) >= 11 is 0. The van der Waals surface area contributed by atoms with Crippen LogP contribution in [0.15, 0.2) is 30.3 Å². The van der Waals surface area contributed by atoms with Gasteiger partial charge in [-0.2, -0.15) is 0 Å². The molecule has 1 N–H and O–H groups in total. The lowest BCUT2D eigenvalue weighted by Gasteiger charge is -2.35. The zero-order valence-corrected chi connectivity index (χ0v) is 11.1. The fourth-order valence-electron chi connectivity index (χ4n) is 4.33. The summed E-state index contributed by atoms with van der Waals surface area (Å²) in [5.74, 6) is 0.339. The van der Waals surface area contributed by atoms with Gasteiger partial charge in [0.15, 0.2) is 0 Å². The van der Waals surface area contributed by atoms with Crippen molar-refractivity contribution in [3.63, 3.8) is 0 Å². The highest BCUT2D eigenvalue weighted by atomic mass is 16.2. The fourth-order valence-corrected chi connectivity index (χ4v) is 4.33. The molecule has 1 saturated carbocycles. The minimum atomic E-state index is -0.210. The molecule has 100 valence electrons. The molecule has 0 bridgehead atoms. The van der Waals surface area contributed by atoms with Crippen molar-refractivity contribution < 1.29 is 4.79 Å². The highest BCUT2D eigenvalue weighted by Crippen LogP contribution is 2.47. The van der Waals surface area contributed by atoms with E-state index in [1.807, 2.05) is 6.07 Å². The molecule has 1 aromatic rings. The van der Waals surface area contributed by atoms with Gasteiger partial charge in [0.2, 0.25) is 5.91 Å². The predicted octanol–water partition coefficient (Wildman–Crippen LogP) is 2.38. The molecule has 0 radical (unpaired) electrons. The van der Waals surface area contributed by atoms with Crippen molar-refractivity contribution in [2.75, 3.05) is 0 Å². The molecule has 2 aliphatic heterocycles. The molecule has 2 saturated heterocycles. The van der Waals surface area contributed by atoms with E-state index in [1.54, 1.807) is 0 Å². The van der Waals surface area contributed by atoms with E-state index in [4.69, 9.17) is 0 Å². The number of hydrogen-bond donors (Lipinski definition) is 1. The fraction of sp³-hybridized carbons (Fsp3) is 0.562. The van der Waals surface area contributed by atoms with Gasteiger partial charge < -0.3 is 4.90 Å². The summed E-state index contributed by atoms with van der Waals surface area (Å²) < 4.78 is 0. The molecule has 3 heteroatoms. The molecule has 3 nitrogen and oxygen atoms in total. The van der Waals surface area contributed by atoms with Crippen LogP contribution in [-0.2, 0) is 10.5 Å². The first-order valence-corrected chi connectivity index (χ1v) is 7.47. The van der Waals surface area contributed by atoms with Crippen molar-refractivity contribution in [3.05, 3.63) is 35.9 Å². The number of nitrogens with one attached hydrogen (secondary N) is 1. The highest BCUT2D eigenvalue weighted by Gasteiger charge is 2.57. The molecule has 3 aliphatic rings. The maximum Gasteiger partial charge on any atom is 0.224 e. The van der Waals surface area contributed by atoms with Crippen LogP contribution >= 0.6 is 0 Å². The molecule has 1 aromatic carbocycles. The minimum absolute atomic E-state index is 0.210. The zero-order chi connectivity index (χ0) is 12.9. The Balaban J connectivity index is 1.80. The Morgan fingerprint density at radius 3 is 2.79 bits per heavy atom. The highest BCUT2D eigenvalue weighted by molar-refractivity contribution is 5.81. The second-order valence-electron chi connectivity index (χ2n) is 6.09. The van der Waals surface area contributed by atoms with Crippen molar-refractivity contribution in [1.82, 2.24) is 10.2 Å². The average molecular weight is 256 g/mol. The van der Waals surface area contributed by atoms with Crippen molar-refractivity contribution in [3.8, 4) is 0 Å². The molecule has 1 aliphatic carbocycles. The van der Waals surface area contributed by atoms with Crippen LogP contribution in [0.4, 0.5) is 0 Å². The van der Waals surface area contributed by atoms with Gasteiger partial charge in [0.1, 0.15) is 5.66 Å². The second kappa shape index (κ2) is 4.07. The molecule has 3 atom stereocenters. The van der Waals surface area contributed by atoms with E-state index >= 15 is 0 Å². The number of rotatable bonds is 1. The Morgan fingerprint density at radius 2 is 1.95 bits per heavy atom. The maximum atomic E-state index is 12.4. The Bertz CT molecular complexity index is 501. The zero-order valence-electron chi connectivity index (χ0n) is 11.1. The van der Waals surface area contributed by atoms with Crippen molar-refractivity contribution >= 4 is 5.91 Å². The van der Waals surface area contributed by atoms with Gasteiger partial charge in [-0.3, -0.25) is 10.1 Å². The predicted molar refractivity (Wildman–Crippen MR) is 73.4 cm³/mol. The monoisotopic (exact) mass is 256 g/mol. The first-order chi connectivity index (χ1) is 9.31. The number of hydrogen-bond acceptors (Lipinski definition) is 2. The molecular formula is C16H20N2O. The third-order valence-electron chi connectivity index (χ3n) is 5.12. The van der Waals surface area contributed by atoms with E-state index in [1.165, 1.54) is 24.8 Å². The van der Waals surface area contributed by atoms with Crippen molar-refractivity contribution in [2.45, 2.75) is 56.3 Å². The summed E-state index contributed by atoms with van der Waals surface area (Å²) in [6, 6.07) is 11.4. The number of carbonyl (C=O) groups excluding carboxylic acids is 1. The van der Waals surface area contributed by atoms with E-state index in [-0.39, 0.29) is 5.66 Å². The van der Waals surface area contributed by atoms with E-state index in [9.17, 15) is 4.79 Å². The molecule has 0 spiro atoms. The van der Waals surface area contributed by atoms with Crippen LogP contribution in [0.25, 0.3) is 0 Å². The molecule has 0 aromatic heterocycles. The lowest BCUT2D eigenvalue weighted by Crippen LogP contribution is -2.47. The van der Waals surface area contributed by atoms with Crippen molar-refractivity contribution in [1.29, 1.82) is 0 Å². The molecule has 4 rings (SSSR count). The molecular weight excluding hydrogens is 236 g/mol. The number of amides is 1. The summed E-state index contributed by atoms with van der Waals surface area (Å²) in [7, 11) is 0. The standard InChI is InChI=1S/C16H20N2O/c19-15-10-11-16(12-6-2-1-3-7-12)17-13-8-4-5-9-14(13)18(15)16/h1-3,6-7,13-14,17H,4-5,8-11H2/t13-,14-,16+/m1/s1. The minimum Gasteiger partial charge on any atom is -0.316 e. The first kappa shape index (κ1) is 11.5. The summed E-state index contributed by atoms with van der Waals surface area (Å²) in [5.41, 5.74) is 1.05. The van der Waals surface area contributed by atoms with Crippen LogP contribution in [0.2, 0.25) is 0 Å². The lowest BCUT2D eigenvalue weighted by atomic mass is 9.91. The van der Waals surface area contributed by atoms with E-state index in [0.29, 0.717) is 24.4 Å². The Hall–Kier alpha value is -1.35. The van der Waals surface area contributed by atoms with Crippen LogP contribution in [0.1, 0.15) is 44.1 Å². The van der Waals surface area contributed by atoms with Gasteiger partial charge >= 0.3 is 0 Å². The Morgan fingerprint density at radius 1 is 1.16 bits per heavy atom. The molecule has 3 fully saturated rings. The van der Waals surface area contributed by atoms with Crippen LogP contribution < -0.4 is 5.32 Å². The van der Waals surface area contributed by atoms with Gasteiger partial charge in [0.25, 0.3) is 0 Å². The van der Waals surface area contributed by atoms with E-state index in [0.717, 1.165) is 12.8 Å². The van der Waals surface area contributed by atoms with Crippen LogP contribution in [-0.4, -0.2) is 22.9 Å². The Labute approximate surface area is 114 Å². The smallest absolute Gasteiger partial charge is 0.224 e. The van der Waals surface area contributed by atoms with E-state index < -0.39 is 0 Å². The van der Waals surface area contributed by atoms with Crippen molar-refractivity contribution in [2.24, 2.45) is 0 Å². The number of fused-ring (bicyclic) bond motifs is 3. The lowest BCUT2D eigenvalue weighted by molar-refractivity contribution is -0.132. The second-order valence-corrected chi connectivity index (χ2v) is 6.09. The van der Waals surface area contributed by atoms with Crippen LogP contribution in [0.3, 0.4) is 0 Å². The van der Waals surface area contributed by atoms with Crippen LogP contribution in [0, 0.1) is 0 Å². The van der Waals surface area contributed by atoms with E-state index in [2.05, 4.69) is 34.5 Å². The molecule has 0 unspecified atom stereocenters. The SMILES string of the molecule is O=C1CC[C@]2(c3ccccc3)N[C@@H]3CCCC[C@H]3N12. The quantitative estimate of drug-likeness (QED) is 0.836. The molecule has 19 heavy (non-hydrogen) atoms. The van der Waals surface area contributed by atoms with Gasteiger partial charge in [-0.05, 0) is 24.8 Å². The normalized spacial score (nSPS) is 37.3. The molecule has 2 heterocycles. The number of nitrogens with zero attached hydrogens (tertiary/aromatic N) is 1. The summed E-state index contributed by atoms with van der Waals surface area (Å²) in [6.45, 7) is 0. The summed E-state index contributed by atoms with van der Waals surface area (Å²) in [5, 5.41) is 3.82. The third kappa shape index (κ3) is 1.51. The van der Waals surface area contributed by atoms with Crippen LogP contribution in [0.5, 0.6) is 0 Å². The third-order valence-corrected chi connectivity index (χ3v) is 5.12. The van der Waals surface area contributed by atoms with Gasteiger partial charge in [-0.15, -0.1) is 0 Å². The average Bonchev–Trinajstić information content (AvgIpc) is 2.96. The van der Waals surface area contributed by atoms with Gasteiger partial charge in [0.05, 0.1) is 0 Å². The first-order valence-electron chi connectivity index (χ1n) is 7.47.